The third kappa shape index (κ3) is 4.11. The summed E-state index contributed by atoms with van der Waals surface area (Å²) in [5.74, 6) is -0.768. The first-order chi connectivity index (χ1) is 3.66. The van der Waals surface area contributed by atoms with E-state index >= 15 is 0 Å². The average molecular weight is 226 g/mol. The zero-order valence-corrected chi connectivity index (χ0v) is 6.68. The molecule has 2 nitrogen and oxygen atoms in total. The quantitative estimate of drug-likeness (QED) is 0.729. The molecule has 0 bridgehead atoms. The van der Waals surface area contributed by atoms with Gasteiger partial charge < -0.3 is 5.11 Å². The Morgan fingerprint density at radius 3 is 2.50 bits per heavy atom. The van der Waals surface area contributed by atoms with E-state index in [0.717, 1.165) is 5.57 Å². The van der Waals surface area contributed by atoms with Crippen molar-refractivity contribution in [2.24, 2.45) is 0 Å². The van der Waals surface area contributed by atoms with E-state index in [1.165, 1.54) is 0 Å². The van der Waals surface area contributed by atoms with Gasteiger partial charge in [0.1, 0.15) is 0 Å². The molecule has 0 atom stereocenters. The molecule has 0 aromatic carbocycles. The SMILES string of the molecule is C/C(=C\I)CC(=O)O. The average Bonchev–Trinajstić information content (AvgIpc) is 1.65. The molecule has 0 aliphatic carbocycles. The summed E-state index contributed by atoms with van der Waals surface area (Å²) in [7, 11) is 0. The predicted molar refractivity (Wildman–Crippen MR) is 40.0 cm³/mol. The lowest BCUT2D eigenvalue weighted by Gasteiger charge is -1.88. The van der Waals surface area contributed by atoms with Gasteiger partial charge in [-0.15, -0.1) is 0 Å². The zero-order chi connectivity index (χ0) is 6.57. The predicted octanol–water partition coefficient (Wildman–Crippen LogP) is 1.80. The van der Waals surface area contributed by atoms with E-state index in [9.17, 15) is 4.79 Å². The van der Waals surface area contributed by atoms with Crippen molar-refractivity contribution < 1.29 is 9.90 Å². The number of halogens is 1. The van der Waals surface area contributed by atoms with Gasteiger partial charge in [0.2, 0.25) is 0 Å². The first-order valence-electron chi connectivity index (χ1n) is 2.14. The number of carboxylic acids is 1. The fraction of sp³-hybridized carbons (Fsp3) is 0.400. The smallest absolute Gasteiger partial charge is 0.307 e. The van der Waals surface area contributed by atoms with Crippen LogP contribution in [0.2, 0.25) is 0 Å². The van der Waals surface area contributed by atoms with Gasteiger partial charge in [-0.25, -0.2) is 0 Å². The van der Waals surface area contributed by atoms with Crippen LogP contribution >= 0.6 is 22.6 Å². The maximum atomic E-state index is 9.92. The summed E-state index contributed by atoms with van der Waals surface area (Å²) in [5.41, 5.74) is 0.887. The number of carboxylic acid groups (broad SMARTS) is 1. The number of carbonyl (C=O) groups is 1. The lowest BCUT2D eigenvalue weighted by Crippen LogP contribution is -1.93. The second kappa shape index (κ2) is 3.88. The Kier molecular flexibility index (Phi) is 3.85. The normalized spacial score (nSPS) is 11.5. The summed E-state index contributed by atoms with van der Waals surface area (Å²) in [6, 6.07) is 0. The minimum atomic E-state index is -0.768. The van der Waals surface area contributed by atoms with Crippen LogP contribution in [0.5, 0.6) is 0 Å². The van der Waals surface area contributed by atoms with E-state index in [4.69, 9.17) is 5.11 Å². The molecule has 3 heteroatoms. The molecular weight excluding hydrogens is 219 g/mol. The standard InChI is InChI=1S/C5H7IO2/c1-4(3-6)2-5(7)8/h3H,2H2,1H3,(H,7,8)/b4-3+. The fourth-order valence-corrected chi connectivity index (χ4v) is 0.497. The molecule has 8 heavy (non-hydrogen) atoms. The highest BCUT2D eigenvalue weighted by atomic mass is 127. The Morgan fingerprint density at radius 1 is 1.88 bits per heavy atom. The van der Waals surface area contributed by atoms with Crippen LogP contribution in [-0.2, 0) is 4.79 Å². The topological polar surface area (TPSA) is 37.3 Å². The summed E-state index contributed by atoms with van der Waals surface area (Å²) in [6.07, 6.45) is 0.156. The van der Waals surface area contributed by atoms with Crippen molar-refractivity contribution in [3.05, 3.63) is 9.66 Å². The summed E-state index contributed by atoms with van der Waals surface area (Å²) in [6.45, 7) is 1.79. The van der Waals surface area contributed by atoms with Crippen LogP contribution in [0, 0.1) is 0 Å². The minimum absolute atomic E-state index is 0.156. The molecule has 0 aromatic rings. The highest BCUT2D eigenvalue weighted by molar-refractivity contribution is 14.1. The van der Waals surface area contributed by atoms with Gasteiger partial charge in [-0.1, -0.05) is 28.2 Å². The highest BCUT2D eigenvalue weighted by Gasteiger charge is 1.94. The minimum Gasteiger partial charge on any atom is -0.481 e. The molecule has 0 aromatic heterocycles. The van der Waals surface area contributed by atoms with E-state index < -0.39 is 5.97 Å². The van der Waals surface area contributed by atoms with Gasteiger partial charge in [0.05, 0.1) is 6.42 Å². The molecule has 0 saturated heterocycles. The third-order valence-electron chi connectivity index (χ3n) is 0.616. The van der Waals surface area contributed by atoms with Crippen LogP contribution in [0.4, 0.5) is 0 Å². The lowest BCUT2D eigenvalue weighted by molar-refractivity contribution is -0.136. The van der Waals surface area contributed by atoms with Crippen molar-refractivity contribution in [1.29, 1.82) is 0 Å². The van der Waals surface area contributed by atoms with E-state index in [0.29, 0.717) is 0 Å². The Hall–Kier alpha value is -0.0600. The lowest BCUT2D eigenvalue weighted by atomic mass is 10.2. The number of hydrogen-bond acceptors (Lipinski definition) is 1. The van der Waals surface area contributed by atoms with Gasteiger partial charge in [0.15, 0.2) is 0 Å². The molecule has 0 radical (unpaired) electrons. The zero-order valence-electron chi connectivity index (χ0n) is 4.52. The van der Waals surface area contributed by atoms with E-state index in [-0.39, 0.29) is 6.42 Å². The van der Waals surface area contributed by atoms with Crippen LogP contribution in [0.1, 0.15) is 13.3 Å². The summed E-state index contributed by atoms with van der Waals surface area (Å²) >= 11 is 2.02. The van der Waals surface area contributed by atoms with E-state index in [1.54, 1.807) is 11.0 Å². The number of aliphatic carboxylic acids is 1. The number of hydrogen-bond donors (Lipinski definition) is 1. The summed E-state index contributed by atoms with van der Waals surface area (Å²) in [4.78, 5) is 9.92. The Morgan fingerprint density at radius 2 is 2.38 bits per heavy atom. The monoisotopic (exact) mass is 226 g/mol. The largest absolute Gasteiger partial charge is 0.481 e. The van der Waals surface area contributed by atoms with Crippen molar-refractivity contribution in [2.45, 2.75) is 13.3 Å². The van der Waals surface area contributed by atoms with Crippen molar-refractivity contribution in [3.63, 3.8) is 0 Å². The molecule has 0 fully saturated rings. The van der Waals surface area contributed by atoms with Gasteiger partial charge in [0, 0.05) is 0 Å². The van der Waals surface area contributed by atoms with E-state index in [1.807, 2.05) is 22.6 Å². The molecule has 0 aliphatic heterocycles. The first-order valence-corrected chi connectivity index (χ1v) is 3.39. The van der Waals surface area contributed by atoms with Gasteiger partial charge in [-0.2, -0.15) is 0 Å². The van der Waals surface area contributed by atoms with Gasteiger partial charge in [0.25, 0.3) is 0 Å². The molecule has 0 aliphatic rings. The van der Waals surface area contributed by atoms with Crippen molar-refractivity contribution >= 4 is 28.6 Å². The van der Waals surface area contributed by atoms with Gasteiger partial charge >= 0.3 is 5.97 Å². The van der Waals surface area contributed by atoms with Crippen molar-refractivity contribution in [1.82, 2.24) is 0 Å². The summed E-state index contributed by atoms with van der Waals surface area (Å²) < 4.78 is 1.77. The molecule has 0 unspecified atom stereocenters. The molecule has 0 spiro atoms. The van der Waals surface area contributed by atoms with Gasteiger partial charge in [-0.3, -0.25) is 4.79 Å². The highest BCUT2D eigenvalue weighted by Crippen LogP contribution is 2.01. The maximum absolute atomic E-state index is 9.92. The van der Waals surface area contributed by atoms with Crippen LogP contribution in [-0.4, -0.2) is 11.1 Å². The van der Waals surface area contributed by atoms with Gasteiger partial charge in [-0.05, 0) is 11.0 Å². The Bertz CT molecular complexity index is 118. The van der Waals surface area contributed by atoms with Crippen LogP contribution in [0.3, 0.4) is 0 Å². The number of rotatable bonds is 2. The second-order valence-electron chi connectivity index (χ2n) is 1.53. The van der Waals surface area contributed by atoms with Crippen molar-refractivity contribution in [2.75, 3.05) is 0 Å². The third-order valence-corrected chi connectivity index (χ3v) is 1.68. The van der Waals surface area contributed by atoms with Crippen LogP contribution in [0.25, 0.3) is 0 Å². The first kappa shape index (κ1) is 7.94. The van der Waals surface area contributed by atoms with E-state index in [2.05, 4.69) is 0 Å². The van der Waals surface area contributed by atoms with Crippen LogP contribution in [0.15, 0.2) is 9.66 Å². The molecule has 0 saturated carbocycles. The molecule has 0 amide bonds. The second-order valence-corrected chi connectivity index (χ2v) is 2.15. The molecule has 46 valence electrons. The van der Waals surface area contributed by atoms with Crippen molar-refractivity contribution in [3.8, 4) is 0 Å². The van der Waals surface area contributed by atoms with Crippen LogP contribution < -0.4 is 0 Å². The Balaban J connectivity index is 3.56. The Labute approximate surface area is 61.7 Å². The molecule has 1 N–H and O–H groups in total. The molecule has 0 rings (SSSR count). The molecular formula is C5H7IO2. The summed E-state index contributed by atoms with van der Waals surface area (Å²) in [5, 5.41) is 8.17. The fourth-order valence-electron chi connectivity index (χ4n) is 0.277. The maximum Gasteiger partial charge on any atom is 0.307 e. The molecule has 0 heterocycles.